The number of nitrogens with zero attached hydrogens (tertiary/aromatic N) is 2. The highest BCUT2D eigenvalue weighted by Gasteiger charge is 2.05. The quantitative estimate of drug-likeness (QED) is 0.703. The smallest absolute Gasteiger partial charge is 0.295 e. The maximum Gasteiger partial charge on any atom is 0.295 e. The topological polar surface area (TPSA) is 77.0 Å². The van der Waals surface area contributed by atoms with E-state index in [-0.39, 0.29) is 0 Å². The van der Waals surface area contributed by atoms with Crippen LogP contribution in [0.25, 0.3) is 11.1 Å². The molecule has 0 aliphatic carbocycles. The first-order chi connectivity index (χ1) is 9.20. The van der Waals surface area contributed by atoms with Crippen molar-refractivity contribution in [2.45, 2.75) is 13.5 Å². The van der Waals surface area contributed by atoms with E-state index in [9.17, 15) is 0 Å². The molecule has 19 heavy (non-hydrogen) atoms. The SMILES string of the molecule is Cc1ccc(CNc2nc3cc(N)ccc3o2)cn1. The molecule has 0 saturated heterocycles. The maximum atomic E-state index is 5.70. The molecule has 0 bridgehead atoms. The van der Waals surface area contributed by atoms with Crippen molar-refractivity contribution in [2.75, 3.05) is 11.1 Å². The summed E-state index contributed by atoms with van der Waals surface area (Å²) in [4.78, 5) is 8.57. The summed E-state index contributed by atoms with van der Waals surface area (Å²) >= 11 is 0. The minimum absolute atomic E-state index is 0.487. The van der Waals surface area contributed by atoms with Crippen molar-refractivity contribution in [1.82, 2.24) is 9.97 Å². The van der Waals surface area contributed by atoms with E-state index in [0.29, 0.717) is 18.2 Å². The zero-order valence-corrected chi connectivity index (χ0v) is 10.6. The number of hydrogen-bond acceptors (Lipinski definition) is 5. The first-order valence-electron chi connectivity index (χ1n) is 6.02. The number of hydrogen-bond donors (Lipinski definition) is 2. The third-order valence-corrected chi connectivity index (χ3v) is 2.83. The summed E-state index contributed by atoms with van der Waals surface area (Å²) in [7, 11) is 0. The zero-order chi connectivity index (χ0) is 13.2. The van der Waals surface area contributed by atoms with Gasteiger partial charge in [0, 0.05) is 24.1 Å². The Hall–Kier alpha value is -2.56. The van der Waals surface area contributed by atoms with Gasteiger partial charge in [0.05, 0.1) is 0 Å². The Morgan fingerprint density at radius 2 is 2.16 bits per heavy atom. The molecule has 2 heterocycles. The number of nitrogen functional groups attached to an aromatic ring is 1. The molecule has 1 aromatic carbocycles. The molecule has 0 aliphatic heterocycles. The second-order valence-corrected chi connectivity index (χ2v) is 4.41. The molecule has 5 heteroatoms. The molecular formula is C14H14N4O. The molecule has 3 rings (SSSR count). The lowest BCUT2D eigenvalue weighted by atomic mass is 10.2. The van der Waals surface area contributed by atoms with Crippen molar-refractivity contribution >= 4 is 22.8 Å². The Kier molecular flexibility index (Phi) is 2.79. The molecule has 5 nitrogen and oxygen atoms in total. The lowest BCUT2D eigenvalue weighted by Gasteiger charge is -2.01. The van der Waals surface area contributed by atoms with Crippen LogP contribution in [0.5, 0.6) is 0 Å². The molecule has 0 unspecified atom stereocenters. The van der Waals surface area contributed by atoms with E-state index in [1.54, 1.807) is 12.1 Å². The van der Waals surface area contributed by atoms with Gasteiger partial charge in [-0.3, -0.25) is 4.98 Å². The highest BCUT2D eigenvalue weighted by atomic mass is 16.4. The van der Waals surface area contributed by atoms with Crippen LogP contribution in [-0.2, 0) is 6.54 Å². The van der Waals surface area contributed by atoms with E-state index in [2.05, 4.69) is 15.3 Å². The Bertz CT molecular complexity index is 703. The van der Waals surface area contributed by atoms with Gasteiger partial charge in [-0.15, -0.1) is 0 Å². The molecule has 0 fully saturated rings. The first-order valence-corrected chi connectivity index (χ1v) is 6.02. The third-order valence-electron chi connectivity index (χ3n) is 2.83. The lowest BCUT2D eigenvalue weighted by Crippen LogP contribution is -2.00. The molecule has 0 aliphatic rings. The van der Waals surface area contributed by atoms with Crippen LogP contribution in [0.2, 0.25) is 0 Å². The van der Waals surface area contributed by atoms with E-state index in [0.717, 1.165) is 22.4 Å². The van der Waals surface area contributed by atoms with Crippen molar-refractivity contribution < 1.29 is 4.42 Å². The molecule has 0 radical (unpaired) electrons. The Morgan fingerprint density at radius 1 is 1.26 bits per heavy atom. The number of nitrogens with one attached hydrogen (secondary N) is 1. The molecule has 0 atom stereocenters. The number of rotatable bonds is 3. The summed E-state index contributed by atoms with van der Waals surface area (Å²) in [6.45, 7) is 2.58. The highest BCUT2D eigenvalue weighted by Crippen LogP contribution is 2.21. The van der Waals surface area contributed by atoms with Crippen molar-refractivity contribution in [3.63, 3.8) is 0 Å². The number of benzene rings is 1. The van der Waals surface area contributed by atoms with Gasteiger partial charge in [-0.05, 0) is 36.8 Å². The monoisotopic (exact) mass is 254 g/mol. The second-order valence-electron chi connectivity index (χ2n) is 4.41. The fourth-order valence-electron chi connectivity index (χ4n) is 1.80. The van der Waals surface area contributed by atoms with Crippen LogP contribution in [0.1, 0.15) is 11.3 Å². The van der Waals surface area contributed by atoms with Crippen LogP contribution < -0.4 is 11.1 Å². The fraction of sp³-hybridized carbons (Fsp3) is 0.143. The molecule has 0 saturated carbocycles. The normalized spacial score (nSPS) is 10.8. The predicted molar refractivity (Wildman–Crippen MR) is 74.7 cm³/mol. The Balaban J connectivity index is 1.76. The van der Waals surface area contributed by atoms with Crippen LogP contribution in [0.15, 0.2) is 40.9 Å². The number of anilines is 2. The molecule has 96 valence electrons. The molecule has 3 N–H and O–H groups in total. The van der Waals surface area contributed by atoms with E-state index in [1.165, 1.54) is 0 Å². The Labute approximate surface area is 110 Å². The number of pyridine rings is 1. The number of aromatic nitrogens is 2. The molecular weight excluding hydrogens is 240 g/mol. The third kappa shape index (κ3) is 2.49. The van der Waals surface area contributed by atoms with Crippen LogP contribution in [0.3, 0.4) is 0 Å². The zero-order valence-electron chi connectivity index (χ0n) is 10.6. The summed E-state index contributed by atoms with van der Waals surface area (Å²) < 4.78 is 5.57. The average molecular weight is 254 g/mol. The molecule has 0 spiro atoms. The van der Waals surface area contributed by atoms with Crippen LogP contribution >= 0.6 is 0 Å². The van der Waals surface area contributed by atoms with Crippen molar-refractivity contribution in [3.05, 3.63) is 47.8 Å². The van der Waals surface area contributed by atoms with Gasteiger partial charge in [-0.25, -0.2) is 0 Å². The first kappa shape index (κ1) is 11.5. The van der Waals surface area contributed by atoms with Crippen LogP contribution in [0, 0.1) is 6.92 Å². The standard InChI is InChI=1S/C14H14N4O/c1-9-2-3-10(7-16-9)8-17-14-18-12-6-11(15)4-5-13(12)19-14/h2-7H,8,15H2,1H3,(H,17,18). The van der Waals surface area contributed by atoms with Gasteiger partial charge in [-0.2, -0.15) is 4.98 Å². The summed E-state index contributed by atoms with van der Waals surface area (Å²) in [5.41, 5.74) is 9.93. The number of aryl methyl sites for hydroxylation is 1. The predicted octanol–water partition coefficient (Wildman–Crippen LogP) is 2.73. The minimum Gasteiger partial charge on any atom is -0.424 e. The summed E-state index contributed by atoms with van der Waals surface area (Å²) in [5, 5.41) is 3.13. The van der Waals surface area contributed by atoms with Crippen molar-refractivity contribution in [3.8, 4) is 0 Å². The van der Waals surface area contributed by atoms with Crippen molar-refractivity contribution in [1.29, 1.82) is 0 Å². The number of fused-ring (bicyclic) bond motifs is 1. The van der Waals surface area contributed by atoms with Crippen LogP contribution in [0.4, 0.5) is 11.7 Å². The lowest BCUT2D eigenvalue weighted by molar-refractivity contribution is 0.614. The van der Waals surface area contributed by atoms with E-state index in [4.69, 9.17) is 10.2 Å². The number of oxazole rings is 1. The van der Waals surface area contributed by atoms with Gasteiger partial charge in [0.1, 0.15) is 5.52 Å². The van der Waals surface area contributed by atoms with Gasteiger partial charge in [-0.1, -0.05) is 6.07 Å². The number of nitrogens with two attached hydrogens (primary N) is 1. The maximum absolute atomic E-state index is 5.70. The minimum atomic E-state index is 0.487. The summed E-state index contributed by atoms with van der Waals surface area (Å²) in [6, 6.07) is 9.88. The van der Waals surface area contributed by atoms with Gasteiger partial charge >= 0.3 is 0 Å². The molecule has 2 aromatic heterocycles. The van der Waals surface area contributed by atoms with Gasteiger partial charge < -0.3 is 15.5 Å². The largest absolute Gasteiger partial charge is 0.424 e. The summed E-state index contributed by atoms with van der Waals surface area (Å²) in [5.74, 6) is 0. The van der Waals surface area contributed by atoms with Crippen molar-refractivity contribution in [2.24, 2.45) is 0 Å². The average Bonchev–Trinajstić information content (AvgIpc) is 2.80. The molecule has 0 amide bonds. The highest BCUT2D eigenvalue weighted by molar-refractivity contribution is 5.78. The summed E-state index contributed by atoms with van der Waals surface area (Å²) in [6.07, 6.45) is 1.84. The second kappa shape index (κ2) is 4.61. The fourth-order valence-corrected chi connectivity index (χ4v) is 1.80. The Morgan fingerprint density at radius 3 is 2.95 bits per heavy atom. The van der Waals surface area contributed by atoms with E-state index >= 15 is 0 Å². The van der Waals surface area contributed by atoms with Crippen LogP contribution in [-0.4, -0.2) is 9.97 Å². The van der Waals surface area contributed by atoms with E-state index < -0.39 is 0 Å². The van der Waals surface area contributed by atoms with E-state index in [1.807, 2.05) is 31.3 Å². The van der Waals surface area contributed by atoms with Gasteiger partial charge in [0.15, 0.2) is 5.58 Å². The van der Waals surface area contributed by atoms with Gasteiger partial charge in [0.2, 0.25) is 0 Å². The van der Waals surface area contributed by atoms with Gasteiger partial charge in [0.25, 0.3) is 6.01 Å². The molecule has 3 aromatic rings.